The van der Waals surface area contributed by atoms with E-state index in [1.165, 1.54) is 4.90 Å². The molecule has 1 fully saturated rings. The van der Waals surface area contributed by atoms with Gasteiger partial charge in [0.25, 0.3) is 0 Å². The number of urea groups is 1. The summed E-state index contributed by atoms with van der Waals surface area (Å²) in [6.45, 7) is 9.20. The molecule has 0 aromatic carbocycles. The van der Waals surface area contributed by atoms with Gasteiger partial charge in [-0.25, -0.2) is 4.79 Å². The van der Waals surface area contributed by atoms with E-state index in [0.717, 1.165) is 4.90 Å². The highest BCUT2D eigenvalue weighted by Crippen LogP contribution is 2.11. The fourth-order valence-corrected chi connectivity index (χ4v) is 2.05. The second-order valence-electron chi connectivity index (χ2n) is 4.31. The van der Waals surface area contributed by atoms with E-state index in [2.05, 4.69) is 6.58 Å². The van der Waals surface area contributed by atoms with Gasteiger partial charge < -0.3 is 9.80 Å². The van der Waals surface area contributed by atoms with E-state index in [-0.39, 0.29) is 37.4 Å². The van der Waals surface area contributed by atoms with Crippen molar-refractivity contribution >= 4 is 17.8 Å². The van der Waals surface area contributed by atoms with Crippen LogP contribution in [0.25, 0.3) is 0 Å². The number of carbonyl (C=O) groups is 3. The van der Waals surface area contributed by atoms with Crippen LogP contribution in [0.4, 0.5) is 4.79 Å². The van der Waals surface area contributed by atoms with Crippen LogP contribution in [0.5, 0.6) is 0 Å². The lowest BCUT2D eigenvalue weighted by Crippen LogP contribution is -2.37. The van der Waals surface area contributed by atoms with Crippen LogP contribution in [-0.4, -0.2) is 65.3 Å². The average molecular weight is 267 g/mol. The number of rotatable bonds is 7. The zero-order valence-corrected chi connectivity index (χ0v) is 11.6. The third kappa shape index (κ3) is 3.56. The van der Waals surface area contributed by atoms with Crippen molar-refractivity contribution in [3.05, 3.63) is 12.7 Å². The molecule has 1 aliphatic heterocycles. The summed E-state index contributed by atoms with van der Waals surface area (Å²) in [6.07, 6.45) is 1.76. The molecular formula is C13H21N3O3. The van der Waals surface area contributed by atoms with Crippen molar-refractivity contribution in [3.63, 3.8) is 0 Å². The standard InChI is InChI=1S/C13H21N3O3/c1-4-8-15-10-12(18)16(13(15)19)9-7-11(17)14(5-2)6-3/h4H,1,5-10H2,2-3H3. The van der Waals surface area contributed by atoms with E-state index in [1.807, 2.05) is 13.8 Å². The molecule has 1 saturated heterocycles. The van der Waals surface area contributed by atoms with Gasteiger partial charge in [0.15, 0.2) is 0 Å². The summed E-state index contributed by atoms with van der Waals surface area (Å²) >= 11 is 0. The molecule has 0 aliphatic carbocycles. The number of amides is 4. The van der Waals surface area contributed by atoms with Crippen LogP contribution in [0.1, 0.15) is 20.3 Å². The fraction of sp³-hybridized carbons (Fsp3) is 0.615. The fourth-order valence-electron chi connectivity index (χ4n) is 2.05. The summed E-state index contributed by atoms with van der Waals surface area (Å²) in [5, 5.41) is 0. The molecule has 0 spiro atoms. The van der Waals surface area contributed by atoms with E-state index in [4.69, 9.17) is 0 Å². The van der Waals surface area contributed by atoms with Crippen LogP contribution >= 0.6 is 0 Å². The Bertz CT molecular complexity index is 377. The topological polar surface area (TPSA) is 60.9 Å². The van der Waals surface area contributed by atoms with Crippen molar-refractivity contribution in [3.8, 4) is 0 Å². The second kappa shape index (κ2) is 6.92. The van der Waals surface area contributed by atoms with E-state index >= 15 is 0 Å². The molecular weight excluding hydrogens is 246 g/mol. The van der Waals surface area contributed by atoms with Gasteiger partial charge in [-0.15, -0.1) is 6.58 Å². The number of hydrogen-bond donors (Lipinski definition) is 0. The van der Waals surface area contributed by atoms with Crippen LogP contribution in [0, 0.1) is 0 Å². The van der Waals surface area contributed by atoms with E-state index in [1.54, 1.807) is 11.0 Å². The summed E-state index contributed by atoms with van der Waals surface area (Å²) < 4.78 is 0. The molecule has 1 rings (SSSR count). The molecule has 0 bridgehead atoms. The van der Waals surface area contributed by atoms with Gasteiger partial charge in [-0.05, 0) is 13.8 Å². The Balaban J connectivity index is 2.53. The Kier molecular flexibility index (Phi) is 5.54. The van der Waals surface area contributed by atoms with E-state index in [0.29, 0.717) is 19.6 Å². The highest BCUT2D eigenvalue weighted by atomic mass is 16.2. The first-order valence-electron chi connectivity index (χ1n) is 6.53. The van der Waals surface area contributed by atoms with Gasteiger partial charge >= 0.3 is 6.03 Å². The van der Waals surface area contributed by atoms with Crippen LogP contribution < -0.4 is 0 Å². The van der Waals surface area contributed by atoms with Gasteiger partial charge in [-0.3, -0.25) is 14.5 Å². The van der Waals surface area contributed by atoms with Crippen LogP contribution in [0.2, 0.25) is 0 Å². The molecule has 19 heavy (non-hydrogen) atoms. The van der Waals surface area contributed by atoms with Gasteiger partial charge in [0.1, 0.15) is 6.54 Å². The van der Waals surface area contributed by atoms with Crippen molar-refractivity contribution in [1.29, 1.82) is 0 Å². The van der Waals surface area contributed by atoms with Gasteiger partial charge in [-0.1, -0.05) is 6.08 Å². The lowest BCUT2D eigenvalue weighted by molar-refractivity contribution is -0.131. The minimum Gasteiger partial charge on any atom is -0.343 e. The molecule has 0 unspecified atom stereocenters. The summed E-state index contributed by atoms with van der Waals surface area (Å²) in [5.74, 6) is -0.285. The Hall–Kier alpha value is -1.85. The summed E-state index contributed by atoms with van der Waals surface area (Å²) in [7, 11) is 0. The van der Waals surface area contributed by atoms with Crippen LogP contribution in [0.3, 0.4) is 0 Å². The maximum absolute atomic E-state index is 11.9. The number of imide groups is 1. The third-order valence-corrected chi connectivity index (χ3v) is 3.14. The molecule has 6 heteroatoms. The number of hydrogen-bond acceptors (Lipinski definition) is 3. The monoisotopic (exact) mass is 267 g/mol. The van der Waals surface area contributed by atoms with Crippen LogP contribution in [-0.2, 0) is 9.59 Å². The molecule has 1 aliphatic rings. The van der Waals surface area contributed by atoms with E-state index < -0.39 is 0 Å². The highest BCUT2D eigenvalue weighted by molar-refractivity contribution is 6.02. The quantitative estimate of drug-likeness (QED) is 0.504. The lowest BCUT2D eigenvalue weighted by Gasteiger charge is -2.20. The van der Waals surface area contributed by atoms with Gasteiger partial charge in [0.2, 0.25) is 11.8 Å². The van der Waals surface area contributed by atoms with Crippen molar-refractivity contribution in [1.82, 2.24) is 14.7 Å². The summed E-state index contributed by atoms with van der Waals surface area (Å²) in [4.78, 5) is 39.7. The van der Waals surface area contributed by atoms with Gasteiger partial charge in [0, 0.05) is 32.6 Å². The molecule has 0 radical (unpaired) electrons. The molecule has 4 amide bonds. The predicted octanol–water partition coefficient (Wildman–Crippen LogP) is 0.695. The first-order valence-corrected chi connectivity index (χ1v) is 6.53. The molecule has 0 atom stereocenters. The molecule has 6 nitrogen and oxygen atoms in total. The molecule has 0 aromatic heterocycles. The zero-order valence-electron chi connectivity index (χ0n) is 11.6. The van der Waals surface area contributed by atoms with Crippen LogP contribution in [0.15, 0.2) is 12.7 Å². The Morgan fingerprint density at radius 3 is 2.53 bits per heavy atom. The van der Waals surface area contributed by atoms with Gasteiger partial charge in [-0.2, -0.15) is 0 Å². The average Bonchev–Trinajstić information content (AvgIpc) is 2.64. The largest absolute Gasteiger partial charge is 0.343 e. The first-order chi connectivity index (χ1) is 9.04. The Morgan fingerprint density at radius 2 is 2.00 bits per heavy atom. The number of nitrogens with zero attached hydrogens (tertiary/aromatic N) is 3. The molecule has 106 valence electrons. The summed E-state index contributed by atoms with van der Waals surface area (Å²) in [5.41, 5.74) is 0. The van der Waals surface area contributed by atoms with Crippen molar-refractivity contribution < 1.29 is 14.4 Å². The smallest absolute Gasteiger partial charge is 0.327 e. The normalized spacial score (nSPS) is 15.1. The third-order valence-electron chi connectivity index (χ3n) is 3.14. The van der Waals surface area contributed by atoms with Crippen molar-refractivity contribution in [2.45, 2.75) is 20.3 Å². The molecule has 0 saturated carbocycles. The zero-order chi connectivity index (χ0) is 14.4. The maximum Gasteiger partial charge on any atom is 0.327 e. The minimum absolute atomic E-state index is 0.0345. The summed E-state index contributed by atoms with van der Waals surface area (Å²) in [6, 6.07) is -0.336. The second-order valence-corrected chi connectivity index (χ2v) is 4.31. The van der Waals surface area contributed by atoms with Crippen molar-refractivity contribution in [2.75, 3.05) is 32.7 Å². The Labute approximate surface area is 113 Å². The maximum atomic E-state index is 11.9. The molecule has 0 N–H and O–H groups in total. The Morgan fingerprint density at radius 1 is 1.37 bits per heavy atom. The SMILES string of the molecule is C=CCN1CC(=O)N(CCC(=O)N(CC)CC)C1=O. The molecule has 1 heterocycles. The first kappa shape index (κ1) is 15.2. The van der Waals surface area contributed by atoms with Crippen molar-refractivity contribution in [2.24, 2.45) is 0 Å². The lowest BCUT2D eigenvalue weighted by atomic mass is 10.3. The molecule has 0 aromatic rings. The minimum atomic E-state index is -0.336. The van der Waals surface area contributed by atoms with E-state index in [9.17, 15) is 14.4 Å². The highest BCUT2D eigenvalue weighted by Gasteiger charge is 2.35. The predicted molar refractivity (Wildman–Crippen MR) is 71.4 cm³/mol. The number of carbonyl (C=O) groups excluding carboxylic acids is 3. The van der Waals surface area contributed by atoms with Gasteiger partial charge in [0.05, 0.1) is 0 Å².